The number of nitrogens with zero attached hydrogens (tertiary/aromatic N) is 1. The average molecular weight is 274 g/mol. The first-order valence-electron chi connectivity index (χ1n) is 7.97. The van der Waals surface area contributed by atoms with Gasteiger partial charge in [0.15, 0.2) is 0 Å². The molecule has 2 fully saturated rings. The van der Waals surface area contributed by atoms with E-state index in [2.05, 4.69) is 28.4 Å². The zero-order valence-electron chi connectivity index (χ0n) is 12.5. The van der Waals surface area contributed by atoms with Crippen molar-refractivity contribution in [3.8, 4) is 5.75 Å². The van der Waals surface area contributed by atoms with Gasteiger partial charge in [-0.25, -0.2) is 0 Å². The van der Waals surface area contributed by atoms with Gasteiger partial charge in [0.25, 0.3) is 0 Å². The van der Waals surface area contributed by atoms with Crippen molar-refractivity contribution >= 4 is 0 Å². The molecule has 3 heteroatoms. The Bertz CT molecular complexity index is 423. The molecule has 1 saturated carbocycles. The quantitative estimate of drug-likeness (QED) is 0.913. The monoisotopic (exact) mass is 274 g/mol. The highest BCUT2D eigenvalue weighted by Crippen LogP contribution is 2.40. The molecule has 1 heterocycles. The number of nitrogens with one attached hydrogen (secondary N) is 1. The van der Waals surface area contributed by atoms with Crippen LogP contribution in [0.4, 0.5) is 0 Å². The van der Waals surface area contributed by atoms with E-state index in [4.69, 9.17) is 4.74 Å². The molecule has 0 spiro atoms. The Hall–Kier alpha value is -1.06. The number of benzene rings is 1. The third kappa shape index (κ3) is 2.99. The van der Waals surface area contributed by atoms with Crippen LogP contribution in [0.3, 0.4) is 0 Å². The largest absolute Gasteiger partial charge is 0.497 e. The Balaban J connectivity index is 1.86. The van der Waals surface area contributed by atoms with Gasteiger partial charge in [-0.15, -0.1) is 0 Å². The van der Waals surface area contributed by atoms with Crippen LogP contribution in [-0.4, -0.2) is 38.2 Å². The van der Waals surface area contributed by atoms with E-state index in [-0.39, 0.29) is 0 Å². The highest BCUT2D eigenvalue weighted by atomic mass is 16.5. The molecule has 0 amide bonds. The Morgan fingerprint density at radius 2 is 1.95 bits per heavy atom. The first-order chi connectivity index (χ1) is 9.88. The maximum atomic E-state index is 5.42. The van der Waals surface area contributed by atoms with E-state index in [1.54, 1.807) is 7.11 Å². The van der Waals surface area contributed by atoms with Gasteiger partial charge in [0.05, 0.1) is 7.11 Å². The molecule has 1 aliphatic heterocycles. The predicted molar refractivity (Wildman–Crippen MR) is 82.1 cm³/mol. The number of rotatable bonds is 4. The van der Waals surface area contributed by atoms with E-state index >= 15 is 0 Å². The van der Waals surface area contributed by atoms with Crippen molar-refractivity contribution in [2.45, 2.75) is 31.7 Å². The van der Waals surface area contributed by atoms with Gasteiger partial charge in [0.2, 0.25) is 0 Å². The van der Waals surface area contributed by atoms with Gasteiger partial charge < -0.3 is 10.1 Å². The van der Waals surface area contributed by atoms with Gasteiger partial charge in [-0.3, -0.25) is 4.90 Å². The molecule has 0 bridgehead atoms. The topological polar surface area (TPSA) is 24.5 Å². The zero-order valence-corrected chi connectivity index (χ0v) is 12.5. The second kappa shape index (κ2) is 6.59. The van der Waals surface area contributed by atoms with E-state index in [9.17, 15) is 0 Å². The van der Waals surface area contributed by atoms with Crippen molar-refractivity contribution in [2.24, 2.45) is 5.92 Å². The second-order valence-electron chi connectivity index (χ2n) is 6.05. The van der Waals surface area contributed by atoms with Crippen LogP contribution >= 0.6 is 0 Å². The summed E-state index contributed by atoms with van der Waals surface area (Å²) in [6.07, 6.45) is 5.56. The number of piperazine rings is 1. The molecule has 0 aromatic heterocycles. The molecular formula is C17H26N2O. The van der Waals surface area contributed by atoms with Crippen LogP contribution < -0.4 is 10.1 Å². The summed E-state index contributed by atoms with van der Waals surface area (Å²) < 4.78 is 5.42. The summed E-state index contributed by atoms with van der Waals surface area (Å²) in [5.74, 6) is 1.81. The van der Waals surface area contributed by atoms with Crippen LogP contribution in [-0.2, 0) is 0 Å². The summed E-state index contributed by atoms with van der Waals surface area (Å²) in [7, 11) is 1.76. The molecule has 0 unspecified atom stereocenters. The summed E-state index contributed by atoms with van der Waals surface area (Å²) in [5, 5.41) is 3.47. The van der Waals surface area contributed by atoms with Crippen molar-refractivity contribution in [3.05, 3.63) is 29.8 Å². The summed E-state index contributed by atoms with van der Waals surface area (Å²) in [6.45, 7) is 4.57. The fourth-order valence-corrected chi connectivity index (χ4v) is 3.84. The minimum Gasteiger partial charge on any atom is -0.497 e. The fourth-order valence-electron chi connectivity index (χ4n) is 3.84. The number of hydrogen-bond donors (Lipinski definition) is 1. The van der Waals surface area contributed by atoms with E-state index in [0.29, 0.717) is 6.04 Å². The van der Waals surface area contributed by atoms with Crippen LogP contribution in [0.2, 0.25) is 0 Å². The van der Waals surface area contributed by atoms with Crippen LogP contribution in [0, 0.1) is 5.92 Å². The van der Waals surface area contributed by atoms with Crippen LogP contribution in [0.25, 0.3) is 0 Å². The normalized spacial score (nSPS) is 22.9. The van der Waals surface area contributed by atoms with E-state index in [1.807, 2.05) is 6.07 Å². The lowest BCUT2D eigenvalue weighted by Gasteiger charge is -2.38. The molecule has 0 radical (unpaired) electrons. The van der Waals surface area contributed by atoms with Crippen molar-refractivity contribution in [1.29, 1.82) is 0 Å². The van der Waals surface area contributed by atoms with Gasteiger partial charge in [-0.2, -0.15) is 0 Å². The van der Waals surface area contributed by atoms with Gasteiger partial charge in [0, 0.05) is 32.2 Å². The smallest absolute Gasteiger partial charge is 0.119 e. The standard InChI is InChI=1S/C17H26N2O/c1-20-16-8-4-7-15(13-16)17(14-5-2-3-6-14)19-11-9-18-10-12-19/h4,7-8,13-14,17-18H,2-3,5-6,9-12H2,1H3/t17-/m1/s1. The maximum Gasteiger partial charge on any atom is 0.119 e. The minimum absolute atomic E-state index is 0.578. The molecule has 1 aliphatic carbocycles. The summed E-state index contributed by atoms with van der Waals surface area (Å²) in [5.41, 5.74) is 1.44. The van der Waals surface area contributed by atoms with Gasteiger partial charge >= 0.3 is 0 Å². The van der Waals surface area contributed by atoms with Gasteiger partial charge in [-0.05, 0) is 36.5 Å². The molecule has 1 aromatic rings. The van der Waals surface area contributed by atoms with Crippen LogP contribution in [0.15, 0.2) is 24.3 Å². The van der Waals surface area contributed by atoms with E-state index < -0.39 is 0 Å². The minimum atomic E-state index is 0.578. The number of methoxy groups -OCH3 is 1. The highest BCUT2D eigenvalue weighted by molar-refractivity contribution is 5.31. The third-order valence-corrected chi connectivity index (χ3v) is 4.83. The summed E-state index contributed by atoms with van der Waals surface area (Å²) >= 11 is 0. The molecule has 1 aromatic carbocycles. The molecule has 110 valence electrons. The van der Waals surface area contributed by atoms with Crippen molar-refractivity contribution in [2.75, 3.05) is 33.3 Å². The van der Waals surface area contributed by atoms with Crippen LogP contribution in [0.5, 0.6) is 5.75 Å². The highest BCUT2D eigenvalue weighted by Gasteiger charge is 2.31. The van der Waals surface area contributed by atoms with E-state index in [0.717, 1.165) is 24.8 Å². The van der Waals surface area contributed by atoms with Gasteiger partial charge in [0.1, 0.15) is 5.75 Å². The molecule has 20 heavy (non-hydrogen) atoms. The Kier molecular flexibility index (Phi) is 4.58. The lowest BCUT2D eigenvalue weighted by molar-refractivity contribution is 0.125. The lowest BCUT2D eigenvalue weighted by atomic mass is 9.89. The van der Waals surface area contributed by atoms with Crippen molar-refractivity contribution < 1.29 is 4.74 Å². The number of hydrogen-bond acceptors (Lipinski definition) is 3. The maximum absolute atomic E-state index is 5.42. The SMILES string of the molecule is COc1cccc([C@@H](C2CCCC2)N2CCNCC2)c1. The Morgan fingerprint density at radius 1 is 1.20 bits per heavy atom. The molecular weight excluding hydrogens is 248 g/mol. The molecule has 1 atom stereocenters. The molecule has 2 aliphatic rings. The molecule has 1 N–H and O–H groups in total. The number of ether oxygens (including phenoxy) is 1. The first-order valence-corrected chi connectivity index (χ1v) is 7.97. The molecule has 3 nitrogen and oxygen atoms in total. The van der Waals surface area contributed by atoms with E-state index in [1.165, 1.54) is 44.3 Å². The van der Waals surface area contributed by atoms with Crippen molar-refractivity contribution in [1.82, 2.24) is 10.2 Å². The molecule has 3 rings (SSSR count). The first kappa shape index (κ1) is 13.9. The lowest BCUT2D eigenvalue weighted by Crippen LogP contribution is -2.46. The van der Waals surface area contributed by atoms with Gasteiger partial charge in [-0.1, -0.05) is 25.0 Å². The fraction of sp³-hybridized carbons (Fsp3) is 0.647. The summed E-state index contributed by atoms with van der Waals surface area (Å²) in [6, 6.07) is 9.29. The second-order valence-corrected chi connectivity index (χ2v) is 6.05. The zero-order chi connectivity index (χ0) is 13.8. The van der Waals surface area contributed by atoms with Crippen molar-refractivity contribution in [3.63, 3.8) is 0 Å². The Labute approximate surface area is 122 Å². The third-order valence-electron chi connectivity index (χ3n) is 4.83. The summed E-state index contributed by atoms with van der Waals surface area (Å²) in [4.78, 5) is 2.68. The predicted octanol–water partition coefficient (Wildman–Crippen LogP) is 2.83. The average Bonchev–Trinajstić information content (AvgIpc) is 3.03. The molecule has 1 saturated heterocycles. The Morgan fingerprint density at radius 3 is 2.65 bits per heavy atom. The van der Waals surface area contributed by atoms with Crippen LogP contribution in [0.1, 0.15) is 37.3 Å².